The van der Waals surface area contributed by atoms with Gasteiger partial charge in [-0.25, -0.2) is 14.6 Å². The molecule has 0 aliphatic rings. The predicted octanol–water partition coefficient (Wildman–Crippen LogP) is 4.94. The van der Waals surface area contributed by atoms with Crippen molar-refractivity contribution < 1.29 is 9.59 Å². The number of benzene rings is 2. The highest BCUT2D eigenvalue weighted by atomic mass is 32.1. The van der Waals surface area contributed by atoms with Crippen LogP contribution in [0.5, 0.6) is 0 Å². The highest BCUT2D eigenvalue weighted by Gasteiger charge is 2.18. The maximum atomic E-state index is 13.3. The van der Waals surface area contributed by atoms with Gasteiger partial charge in [0.2, 0.25) is 5.91 Å². The summed E-state index contributed by atoms with van der Waals surface area (Å²) in [5, 5.41) is 11.2. The van der Waals surface area contributed by atoms with Crippen LogP contribution in [0.25, 0.3) is 32.5 Å². The number of rotatable bonds is 5. The molecule has 0 saturated carbocycles. The molecular formula is C24H20N6O2S. The third-order valence-electron chi connectivity index (χ3n) is 5.15. The Bertz CT molecular complexity index is 1510. The molecule has 0 aliphatic heterocycles. The minimum atomic E-state index is -0.281. The first-order chi connectivity index (χ1) is 16.0. The molecule has 2 aromatic carbocycles. The van der Waals surface area contributed by atoms with E-state index in [-0.39, 0.29) is 11.8 Å². The van der Waals surface area contributed by atoms with Gasteiger partial charge in [-0.2, -0.15) is 5.10 Å². The van der Waals surface area contributed by atoms with Crippen LogP contribution in [-0.2, 0) is 11.3 Å². The van der Waals surface area contributed by atoms with Crippen LogP contribution in [0.3, 0.4) is 0 Å². The number of carbonyl (C=O) groups is 2. The van der Waals surface area contributed by atoms with Crippen LogP contribution in [0.1, 0.15) is 24.2 Å². The van der Waals surface area contributed by atoms with Crippen LogP contribution in [0.15, 0.2) is 60.8 Å². The van der Waals surface area contributed by atoms with E-state index >= 15 is 0 Å². The van der Waals surface area contributed by atoms with Crippen molar-refractivity contribution in [3.05, 3.63) is 66.4 Å². The van der Waals surface area contributed by atoms with Gasteiger partial charge >= 0.3 is 0 Å². The maximum Gasteiger partial charge on any atom is 0.258 e. The van der Waals surface area contributed by atoms with Crippen LogP contribution in [0.4, 0.5) is 10.8 Å². The zero-order valence-corrected chi connectivity index (χ0v) is 18.8. The molecule has 9 heteroatoms. The van der Waals surface area contributed by atoms with Crippen molar-refractivity contribution in [1.82, 2.24) is 19.7 Å². The summed E-state index contributed by atoms with van der Waals surface area (Å²) in [5.41, 5.74) is 4.19. The van der Waals surface area contributed by atoms with Gasteiger partial charge in [-0.3, -0.25) is 14.9 Å². The summed E-state index contributed by atoms with van der Waals surface area (Å²) >= 11 is 1.35. The zero-order valence-electron chi connectivity index (χ0n) is 18.0. The number of aryl methyl sites for hydroxylation is 1. The number of carbonyl (C=O) groups excluding carboxylic acids is 2. The second-order valence-corrected chi connectivity index (χ2v) is 8.49. The van der Waals surface area contributed by atoms with Gasteiger partial charge in [-0.05, 0) is 31.2 Å². The van der Waals surface area contributed by atoms with E-state index in [1.54, 1.807) is 23.0 Å². The topological polar surface area (TPSA) is 102 Å². The molecule has 8 nitrogen and oxygen atoms in total. The summed E-state index contributed by atoms with van der Waals surface area (Å²) in [6, 6.07) is 17.0. The molecule has 0 aliphatic carbocycles. The fourth-order valence-corrected chi connectivity index (χ4v) is 4.55. The quantitative estimate of drug-likeness (QED) is 0.390. The van der Waals surface area contributed by atoms with Crippen molar-refractivity contribution in [3.63, 3.8) is 0 Å². The summed E-state index contributed by atoms with van der Waals surface area (Å²) in [6.45, 7) is 4.09. The highest BCUT2D eigenvalue weighted by Crippen LogP contribution is 2.30. The van der Waals surface area contributed by atoms with E-state index in [4.69, 9.17) is 4.98 Å². The van der Waals surface area contributed by atoms with E-state index < -0.39 is 0 Å². The predicted molar refractivity (Wildman–Crippen MR) is 131 cm³/mol. The molecule has 0 saturated heterocycles. The number of nitrogens with one attached hydrogen (secondary N) is 2. The van der Waals surface area contributed by atoms with Gasteiger partial charge in [-0.1, -0.05) is 41.7 Å². The molecule has 5 rings (SSSR count). The number of anilines is 2. The van der Waals surface area contributed by atoms with Crippen LogP contribution < -0.4 is 10.6 Å². The van der Waals surface area contributed by atoms with E-state index in [2.05, 4.69) is 20.7 Å². The minimum absolute atomic E-state index is 0.143. The molecule has 0 fully saturated rings. The molecule has 3 heterocycles. The first kappa shape index (κ1) is 20.8. The number of hydrogen-bond acceptors (Lipinski definition) is 6. The van der Waals surface area contributed by atoms with Crippen molar-refractivity contribution in [1.29, 1.82) is 0 Å². The van der Waals surface area contributed by atoms with E-state index in [0.29, 0.717) is 39.7 Å². The van der Waals surface area contributed by atoms with Crippen LogP contribution in [0.2, 0.25) is 0 Å². The Hall–Kier alpha value is -4.11. The number of pyridine rings is 1. The lowest BCUT2D eigenvalue weighted by atomic mass is 10.1. The number of nitrogens with zero attached hydrogens (tertiary/aromatic N) is 4. The first-order valence-corrected chi connectivity index (χ1v) is 11.2. The highest BCUT2D eigenvalue weighted by molar-refractivity contribution is 7.22. The van der Waals surface area contributed by atoms with E-state index in [1.807, 2.05) is 49.4 Å². The van der Waals surface area contributed by atoms with Gasteiger partial charge in [0, 0.05) is 24.7 Å². The Morgan fingerprint density at radius 1 is 1.03 bits per heavy atom. The monoisotopic (exact) mass is 456 g/mol. The van der Waals surface area contributed by atoms with Crippen LogP contribution >= 0.6 is 11.3 Å². The lowest BCUT2D eigenvalue weighted by Gasteiger charge is -2.08. The molecule has 0 radical (unpaired) electrons. The lowest BCUT2D eigenvalue weighted by Crippen LogP contribution is -2.13. The third kappa shape index (κ3) is 4.06. The molecule has 3 aromatic heterocycles. The second-order valence-electron chi connectivity index (χ2n) is 7.46. The molecule has 0 atom stereocenters. The zero-order chi connectivity index (χ0) is 22.9. The first-order valence-electron chi connectivity index (χ1n) is 10.4. The van der Waals surface area contributed by atoms with E-state index in [9.17, 15) is 9.59 Å². The number of fused-ring (bicyclic) bond motifs is 2. The normalized spacial score (nSPS) is 11.1. The summed E-state index contributed by atoms with van der Waals surface area (Å²) in [6.07, 6.45) is 1.67. The number of thiazole rings is 1. The van der Waals surface area contributed by atoms with Crippen LogP contribution in [-0.4, -0.2) is 31.6 Å². The molecule has 2 N–H and O–H groups in total. The number of amides is 2. The SMILES string of the molecule is CCn1ncc2c(C(=O)Nc3nc4ccc(NC(C)=O)cc4s3)cc(-c3ccccc3)nc21. The summed E-state index contributed by atoms with van der Waals surface area (Å²) < 4.78 is 2.64. The molecule has 33 heavy (non-hydrogen) atoms. The van der Waals surface area contributed by atoms with E-state index in [0.717, 1.165) is 15.8 Å². The molecule has 2 amide bonds. The van der Waals surface area contributed by atoms with Crippen molar-refractivity contribution in [2.24, 2.45) is 0 Å². The average molecular weight is 457 g/mol. The molecule has 164 valence electrons. The Morgan fingerprint density at radius 2 is 1.85 bits per heavy atom. The van der Waals surface area contributed by atoms with Gasteiger partial charge in [0.05, 0.1) is 33.1 Å². The van der Waals surface area contributed by atoms with Gasteiger partial charge < -0.3 is 5.32 Å². The second kappa shape index (κ2) is 8.44. The van der Waals surface area contributed by atoms with Gasteiger partial charge in [0.15, 0.2) is 10.8 Å². The largest absolute Gasteiger partial charge is 0.326 e. The van der Waals surface area contributed by atoms with Crippen molar-refractivity contribution >= 4 is 55.2 Å². The standard InChI is InChI=1S/C24H20N6O2S/c1-3-30-22-18(13-25-30)17(12-20(27-22)15-7-5-4-6-8-15)23(32)29-24-28-19-10-9-16(26-14(2)31)11-21(19)33-24/h4-13H,3H2,1-2H3,(H,26,31)(H,28,29,32). The van der Waals surface area contributed by atoms with Crippen molar-refractivity contribution in [2.45, 2.75) is 20.4 Å². The summed E-state index contributed by atoms with van der Waals surface area (Å²) in [7, 11) is 0. The van der Waals surface area contributed by atoms with Gasteiger partial charge in [0.25, 0.3) is 5.91 Å². The fourth-order valence-electron chi connectivity index (χ4n) is 3.65. The van der Waals surface area contributed by atoms with Gasteiger partial charge in [-0.15, -0.1) is 0 Å². The smallest absolute Gasteiger partial charge is 0.258 e. The van der Waals surface area contributed by atoms with E-state index in [1.165, 1.54) is 18.3 Å². The molecule has 0 bridgehead atoms. The fraction of sp³-hybridized carbons (Fsp3) is 0.125. The van der Waals surface area contributed by atoms with Crippen molar-refractivity contribution in [2.75, 3.05) is 10.6 Å². The maximum absolute atomic E-state index is 13.3. The Labute approximate surface area is 193 Å². The van der Waals surface area contributed by atoms with Crippen LogP contribution in [0, 0.1) is 0 Å². The third-order valence-corrected chi connectivity index (χ3v) is 6.09. The summed E-state index contributed by atoms with van der Waals surface area (Å²) in [5.74, 6) is -0.424. The Morgan fingerprint density at radius 3 is 2.61 bits per heavy atom. The Kier molecular flexibility index (Phi) is 5.31. The molecule has 0 spiro atoms. The minimum Gasteiger partial charge on any atom is -0.326 e. The molecule has 5 aromatic rings. The number of hydrogen-bond donors (Lipinski definition) is 2. The lowest BCUT2D eigenvalue weighted by molar-refractivity contribution is -0.114. The molecule has 0 unspecified atom stereocenters. The summed E-state index contributed by atoms with van der Waals surface area (Å²) in [4.78, 5) is 33.9. The average Bonchev–Trinajstić information content (AvgIpc) is 3.41. The Balaban J connectivity index is 1.53. The van der Waals surface area contributed by atoms with Crippen molar-refractivity contribution in [3.8, 4) is 11.3 Å². The van der Waals surface area contributed by atoms with Gasteiger partial charge in [0.1, 0.15) is 0 Å². The molecular weight excluding hydrogens is 436 g/mol. The number of aromatic nitrogens is 4.